The van der Waals surface area contributed by atoms with Crippen LogP contribution in [-0.2, 0) is 0 Å². The van der Waals surface area contributed by atoms with E-state index in [1.165, 1.54) is 70.8 Å². The zero-order valence-corrected chi connectivity index (χ0v) is 11.9. The molecule has 2 fully saturated rings. The van der Waals surface area contributed by atoms with Crippen LogP contribution in [0.3, 0.4) is 0 Å². The van der Waals surface area contributed by atoms with E-state index in [1.54, 1.807) is 0 Å². The topological polar surface area (TPSA) is 12.0 Å². The first-order valence-electron chi connectivity index (χ1n) is 7.92. The number of nitrogens with one attached hydrogen (secondary N) is 1. The first kappa shape index (κ1) is 13.4. The molecule has 2 rings (SSSR count). The van der Waals surface area contributed by atoms with Crippen molar-refractivity contribution in [1.29, 1.82) is 0 Å². The van der Waals surface area contributed by atoms with E-state index in [9.17, 15) is 0 Å². The quantitative estimate of drug-likeness (QED) is 0.693. The Bertz CT molecular complexity index is 216. The summed E-state index contributed by atoms with van der Waals surface area (Å²) in [7, 11) is 0. The largest absolute Gasteiger partial charge is 0.313 e. The average molecular weight is 237 g/mol. The fourth-order valence-electron chi connectivity index (χ4n) is 3.84. The van der Waals surface area contributed by atoms with Gasteiger partial charge >= 0.3 is 0 Å². The second-order valence-corrected chi connectivity index (χ2v) is 7.03. The second-order valence-electron chi connectivity index (χ2n) is 7.03. The molecule has 0 aromatic rings. The van der Waals surface area contributed by atoms with Crippen LogP contribution in [0, 0.1) is 11.3 Å². The Labute approximate surface area is 108 Å². The molecule has 1 N–H and O–H groups in total. The summed E-state index contributed by atoms with van der Waals surface area (Å²) in [6.45, 7) is 6.15. The van der Waals surface area contributed by atoms with Gasteiger partial charge in [0.2, 0.25) is 0 Å². The molecule has 2 saturated carbocycles. The smallest absolute Gasteiger partial charge is 0.0118 e. The van der Waals surface area contributed by atoms with Gasteiger partial charge in [-0.15, -0.1) is 0 Å². The van der Waals surface area contributed by atoms with Crippen LogP contribution in [0.5, 0.6) is 0 Å². The highest BCUT2D eigenvalue weighted by Gasteiger charge is 2.31. The number of rotatable bonds is 5. The van der Waals surface area contributed by atoms with Crippen LogP contribution < -0.4 is 5.32 Å². The Morgan fingerprint density at radius 2 is 1.71 bits per heavy atom. The van der Waals surface area contributed by atoms with E-state index in [-0.39, 0.29) is 0 Å². The van der Waals surface area contributed by atoms with E-state index in [0.717, 1.165) is 12.0 Å². The van der Waals surface area contributed by atoms with Gasteiger partial charge in [-0.05, 0) is 43.6 Å². The van der Waals surface area contributed by atoms with E-state index in [0.29, 0.717) is 5.41 Å². The normalized spacial score (nSPS) is 29.6. The Kier molecular flexibility index (Phi) is 4.90. The summed E-state index contributed by atoms with van der Waals surface area (Å²) in [4.78, 5) is 0. The number of hydrogen-bond acceptors (Lipinski definition) is 1. The van der Waals surface area contributed by atoms with E-state index in [1.807, 2.05) is 0 Å². The van der Waals surface area contributed by atoms with Crippen LogP contribution in [0.1, 0.15) is 78.1 Å². The number of hydrogen-bond donors (Lipinski definition) is 1. The molecule has 0 amide bonds. The van der Waals surface area contributed by atoms with Crippen molar-refractivity contribution in [2.75, 3.05) is 6.54 Å². The standard InChI is InChI=1S/C16H31N/c1-16(2)12-6-5-11-15(16)17-13-7-10-14-8-3-4-9-14/h14-15,17H,3-13H2,1-2H3. The lowest BCUT2D eigenvalue weighted by Gasteiger charge is -2.39. The molecule has 2 aliphatic rings. The summed E-state index contributed by atoms with van der Waals surface area (Å²) in [6.07, 6.45) is 14.6. The van der Waals surface area contributed by atoms with Crippen molar-refractivity contribution in [3.63, 3.8) is 0 Å². The first-order chi connectivity index (χ1) is 8.18. The van der Waals surface area contributed by atoms with Crippen molar-refractivity contribution < 1.29 is 0 Å². The molecule has 2 aliphatic carbocycles. The first-order valence-corrected chi connectivity index (χ1v) is 7.92. The molecule has 1 heteroatoms. The minimum absolute atomic E-state index is 0.533. The predicted molar refractivity (Wildman–Crippen MR) is 75.2 cm³/mol. The van der Waals surface area contributed by atoms with Crippen LogP contribution in [-0.4, -0.2) is 12.6 Å². The summed E-state index contributed by atoms with van der Waals surface area (Å²) in [5, 5.41) is 3.84. The summed E-state index contributed by atoms with van der Waals surface area (Å²) >= 11 is 0. The Hall–Kier alpha value is -0.0400. The third kappa shape index (κ3) is 3.98. The van der Waals surface area contributed by atoms with Crippen molar-refractivity contribution in [1.82, 2.24) is 5.32 Å². The van der Waals surface area contributed by atoms with Gasteiger partial charge < -0.3 is 5.32 Å². The van der Waals surface area contributed by atoms with Crippen LogP contribution in [0.15, 0.2) is 0 Å². The lowest BCUT2D eigenvalue weighted by atomic mass is 9.73. The molecule has 0 spiro atoms. The van der Waals surface area contributed by atoms with Gasteiger partial charge in [0, 0.05) is 6.04 Å². The molecule has 0 radical (unpaired) electrons. The molecular weight excluding hydrogens is 206 g/mol. The van der Waals surface area contributed by atoms with Gasteiger partial charge in [-0.3, -0.25) is 0 Å². The third-order valence-electron chi connectivity index (χ3n) is 5.16. The highest BCUT2D eigenvalue weighted by Crippen LogP contribution is 2.35. The van der Waals surface area contributed by atoms with Crippen LogP contribution in [0.2, 0.25) is 0 Å². The third-order valence-corrected chi connectivity index (χ3v) is 5.16. The Balaban J connectivity index is 1.60. The van der Waals surface area contributed by atoms with Crippen LogP contribution in [0.4, 0.5) is 0 Å². The van der Waals surface area contributed by atoms with Crippen molar-refractivity contribution >= 4 is 0 Å². The lowest BCUT2D eigenvalue weighted by molar-refractivity contribution is 0.167. The predicted octanol–water partition coefficient (Wildman–Crippen LogP) is 4.52. The molecule has 0 aromatic heterocycles. The van der Waals surface area contributed by atoms with E-state index >= 15 is 0 Å². The highest BCUT2D eigenvalue weighted by molar-refractivity contribution is 4.87. The minimum Gasteiger partial charge on any atom is -0.313 e. The molecule has 1 unspecified atom stereocenters. The molecule has 100 valence electrons. The summed E-state index contributed by atoms with van der Waals surface area (Å²) < 4.78 is 0. The Morgan fingerprint density at radius 1 is 1.00 bits per heavy atom. The van der Waals surface area contributed by atoms with Gasteiger partial charge in [0.05, 0.1) is 0 Å². The summed E-state index contributed by atoms with van der Waals surface area (Å²) in [5.74, 6) is 1.07. The maximum atomic E-state index is 3.84. The van der Waals surface area contributed by atoms with Gasteiger partial charge in [0.1, 0.15) is 0 Å². The SMILES string of the molecule is CC1(C)CCCCC1NCCCC1CCCC1. The maximum absolute atomic E-state index is 3.84. The molecule has 0 saturated heterocycles. The maximum Gasteiger partial charge on any atom is 0.0118 e. The molecule has 0 bridgehead atoms. The molecule has 1 atom stereocenters. The molecule has 0 aliphatic heterocycles. The van der Waals surface area contributed by atoms with Gasteiger partial charge in [-0.25, -0.2) is 0 Å². The highest BCUT2D eigenvalue weighted by atomic mass is 14.9. The van der Waals surface area contributed by atoms with E-state index in [2.05, 4.69) is 19.2 Å². The summed E-state index contributed by atoms with van der Waals surface area (Å²) in [6, 6.07) is 0.778. The Morgan fingerprint density at radius 3 is 2.41 bits per heavy atom. The van der Waals surface area contributed by atoms with Crippen molar-refractivity contribution in [2.24, 2.45) is 11.3 Å². The molecule has 1 nitrogen and oxygen atoms in total. The minimum atomic E-state index is 0.533. The zero-order valence-electron chi connectivity index (χ0n) is 11.9. The molecule has 0 heterocycles. The van der Waals surface area contributed by atoms with Gasteiger partial charge in [0.15, 0.2) is 0 Å². The average Bonchev–Trinajstić information content (AvgIpc) is 2.79. The van der Waals surface area contributed by atoms with Crippen LogP contribution in [0.25, 0.3) is 0 Å². The molecular formula is C16H31N. The second kappa shape index (κ2) is 6.22. The molecule has 17 heavy (non-hydrogen) atoms. The lowest BCUT2D eigenvalue weighted by Crippen LogP contribution is -2.44. The molecule has 0 aromatic carbocycles. The van der Waals surface area contributed by atoms with E-state index < -0.39 is 0 Å². The fourth-order valence-corrected chi connectivity index (χ4v) is 3.84. The zero-order chi connectivity index (χ0) is 12.1. The monoisotopic (exact) mass is 237 g/mol. The van der Waals surface area contributed by atoms with Gasteiger partial charge in [-0.2, -0.15) is 0 Å². The summed E-state index contributed by atoms with van der Waals surface area (Å²) in [5.41, 5.74) is 0.533. The van der Waals surface area contributed by atoms with Crippen molar-refractivity contribution in [3.8, 4) is 0 Å². The van der Waals surface area contributed by atoms with Gasteiger partial charge in [0.25, 0.3) is 0 Å². The van der Waals surface area contributed by atoms with Crippen molar-refractivity contribution in [2.45, 2.75) is 84.1 Å². The van der Waals surface area contributed by atoms with Crippen molar-refractivity contribution in [3.05, 3.63) is 0 Å². The van der Waals surface area contributed by atoms with Crippen LogP contribution >= 0.6 is 0 Å². The van der Waals surface area contributed by atoms with Gasteiger partial charge in [-0.1, -0.05) is 52.4 Å². The van der Waals surface area contributed by atoms with E-state index in [4.69, 9.17) is 0 Å². The fraction of sp³-hybridized carbons (Fsp3) is 1.00.